The largest absolute Gasteiger partial charge is 0.441 e. The standard InChI is InChI=1S/C31H33ClO4/c1-3-35-30(34-2)36-28-15-22-8-9-23(25-6-4-5-7-26(25)29(32)33)13-24(22)14-27(28)31-16-19-10-20(17-31)12-21(11-19)18-31/h4-9,13-15,19-21,30H,3,10-12,16-18H2,1-2H3. The molecule has 4 fully saturated rings. The first-order chi connectivity index (χ1) is 17.5. The van der Waals surface area contributed by atoms with E-state index in [2.05, 4.69) is 24.3 Å². The number of ether oxygens (including phenoxy) is 3. The third kappa shape index (κ3) is 4.23. The van der Waals surface area contributed by atoms with Gasteiger partial charge in [-0.15, -0.1) is 0 Å². The number of halogens is 1. The summed E-state index contributed by atoms with van der Waals surface area (Å²) in [6, 6.07) is 18.3. The van der Waals surface area contributed by atoms with Crippen molar-refractivity contribution in [3.05, 3.63) is 65.7 Å². The Balaban J connectivity index is 1.49. The number of carbonyl (C=O) groups excluding carboxylic acids is 1. The van der Waals surface area contributed by atoms with Crippen molar-refractivity contribution < 1.29 is 19.0 Å². The molecule has 0 amide bonds. The molecule has 0 aromatic heterocycles. The predicted molar refractivity (Wildman–Crippen MR) is 142 cm³/mol. The molecule has 36 heavy (non-hydrogen) atoms. The van der Waals surface area contributed by atoms with Gasteiger partial charge in [0.05, 0.1) is 6.61 Å². The lowest BCUT2D eigenvalue weighted by Crippen LogP contribution is -2.48. The number of hydrogen-bond acceptors (Lipinski definition) is 4. The molecule has 7 rings (SSSR count). The fourth-order valence-corrected chi connectivity index (χ4v) is 7.86. The third-order valence-electron chi connectivity index (χ3n) is 8.72. The summed E-state index contributed by atoms with van der Waals surface area (Å²) in [6.07, 6.45) is 7.85. The van der Waals surface area contributed by atoms with Gasteiger partial charge in [0.1, 0.15) is 5.75 Å². The minimum atomic E-state index is -0.735. The maximum absolute atomic E-state index is 12.1. The van der Waals surface area contributed by atoms with Crippen LogP contribution in [-0.4, -0.2) is 25.4 Å². The van der Waals surface area contributed by atoms with Gasteiger partial charge in [0.15, 0.2) is 0 Å². The Labute approximate surface area is 217 Å². The molecule has 5 heteroatoms. The van der Waals surface area contributed by atoms with Crippen LogP contribution >= 0.6 is 11.6 Å². The number of hydrogen-bond donors (Lipinski definition) is 0. The lowest BCUT2D eigenvalue weighted by Gasteiger charge is -2.57. The number of benzene rings is 3. The molecule has 1 atom stereocenters. The van der Waals surface area contributed by atoms with Crippen LogP contribution in [0.2, 0.25) is 0 Å². The Morgan fingerprint density at radius 2 is 1.67 bits per heavy atom. The van der Waals surface area contributed by atoms with Gasteiger partial charge < -0.3 is 14.2 Å². The number of fused-ring (bicyclic) bond motifs is 1. The minimum Gasteiger partial charge on any atom is -0.441 e. The summed E-state index contributed by atoms with van der Waals surface area (Å²) in [5.41, 5.74) is 3.80. The average Bonchev–Trinajstić information content (AvgIpc) is 2.87. The highest BCUT2D eigenvalue weighted by Gasteiger charge is 2.52. The Morgan fingerprint density at radius 3 is 2.31 bits per heavy atom. The summed E-state index contributed by atoms with van der Waals surface area (Å²) in [7, 11) is 1.62. The predicted octanol–water partition coefficient (Wildman–Crippen LogP) is 7.70. The molecule has 4 aliphatic rings. The first kappa shape index (κ1) is 24.0. The van der Waals surface area contributed by atoms with Crippen molar-refractivity contribution in [3.8, 4) is 16.9 Å². The molecular formula is C31H33ClO4. The lowest BCUT2D eigenvalue weighted by atomic mass is 9.48. The Kier molecular flexibility index (Phi) is 6.31. The van der Waals surface area contributed by atoms with E-state index in [4.69, 9.17) is 25.8 Å². The highest BCUT2D eigenvalue weighted by Crippen LogP contribution is 2.62. The maximum atomic E-state index is 12.1. The zero-order valence-corrected chi connectivity index (χ0v) is 21.7. The van der Waals surface area contributed by atoms with Gasteiger partial charge in [-0.1, -0.05) is 30.3 Å². The van der Waals surface area contributed by atoms with Crippen LogP contribution in [0.5, 0.6) is 5.75 Å². The van der Waals surface area contributed by atoms with Crippen LogP contribution in [0.4, 0.5) is 0 Å². The van der Waals surface area contributed by atoms with E-state index in [0.717, 1.165) is 45.4 Å². The number of methoxy groups -OCH3 is 1. The van der Waals surface area contributed by atoms with Crippen molar-refractivity contribution in [2.75, 3.05) is 13.7 Å². The van der Waals surface area contributed by atoms with Crippen molar-refractivity contribution in [2.45, 2.75) is 57.3 Å². The topological polar surface area (TPSA) is 44.8 Å². The Bertz CT molecular complexity index is 1260. The van der Waals surface area contributed by atoms with Crippen molar-refractivity contribution in [1.82, 2.24) is 0 Å². The highest BCUT2D eigenvalue weighted by atomic mass is 35.5. The van der Waals surface area contributed by atoms with Crippen LogP contribution in [0.1, 0.15) is 61.4 Å². The fraction of sp³-hybridized carbons (Fsp3) is 0.452. The van der Waals surface area contributed by atoms with Gasteiger partial charge in [-0.05, 0) is 126 Å². The average molecular weight is 505 g/mol. The molecule has 1 unspecified atom stereocenters. The monoisotopic (exact) mass is 504 g/mol. The van der Waals surface area contributed by atoms with Crippen LogP contribution in [0.25, 0.3) is 21.9 Å². The first-order valence-corrected chi connectivity index (χ1v) is 13.5. The normalized spacial score (nSPS) is 27.4. The van der Waals surface area contributed by atoms with E-state index in [-0.39, 0.29) is 5.41 Å². The van der Waals surface area contributed by atoms with E-state index in [9.17, 15) is 4.79 Å². The first-order valence-electron chi connectivity index (χ1n) is 13.2. The van der Waals surface area contributed by atoms with Gasteiger partial charge in [-0.2, -0.15) is 0 Å². The summed E-state index contributed by atoms with van der Waals surface area (Å²) in [6.45, 7) is 1.72. The highest BCUT2D eigenvalue weighted by molar-refractivity contribution is 6.68. The van der Waals surface area contributed by atoms with Crippen molar-refractivity contribution in [1.29, 1.82) is 0 Å². The molecule has 4 bridgehead atoms. The quantitative estimate of drug-likeness (QED) is 0.233. The molecule has 4 nitrogen and oxygen atoms in total. The molecule has 3 aromatic carbocycles. The van der Waals surface area contributed by atoms with Gasteiger partial charge >= 0.3 is 6.48 Å². The van der Waals surface area contributed by atoms with Crippen molar-refractivity contribution >= 4 is 27.6 Å². The van der Waals surface area contributed by atoms with Gasteiger partial charge in [0, 0.05) is 18.2 Å². The molecule has 0 heterocycles. The molecule has 0 aliphatic heterocycles. The van der Waals surface area contributed by atoms with E-state index < -0.39 is 11.7 Å². The zero-order valence-electron chi connectivity index (χ0n) is 21.0. The van der Waals surface area contributed by atoms with E-state index in [0.29, 0.717) is 12.2 Å². The molecule has 4 aliphatic carbocycles. The molecule has 0 spiro atoms. The second-order valence-electron chi connectivity index (χ2n) is 11.0. The molecule has 4 saturated carbocycles. The van der Waals surface area contributed by atoms with Crippen LogP contribution in [0, 0.1) is 17.8 Å². The molecule has 188 valence electrons. The summed E-state index contributed by atoms with van der Waals surface area (Å²) >= 11 is 5.91. The van der Waals surface area contributed by atoms with Gasteiger partial charge in [0.2, 0.25) is 0 Å². The van der Waals surface area contributed by atoms with Crippen LogP contribution in [0.3, 0.4) is 0 Å². The second-order valence-corrected chi connectivity index (χ2v) is 11.4. The summed E-state index contributed by atoms with van der Waals surface area (Å²) < 4.78 is 17.6. The lowest BCUT2D eigenvalue weighted by molar-refractivity contribution is -0.231. The smallest absolute Gasteiger partial charge is 0.315 e. The maximum Gasteiger partial charge on any atom is 0.315 e. The molecule has 0 radical (unpaired) electrons. The summed E-state index contributed by atoms with van der Waals surface area (Å²) in [5.74, 6) is 3.32. The van der Waals surface area contributed by atoms with Crippen LogP contribution in [0.15, 0.2) is 54.6 Å². The second kappa shape index (κ2) is 9.48. The van der Waals surface area contributed by atoms with Crippen LogP contribution in [-0.2, 0) is 14.9 Å². The molecule has 0 N–H and O–H groups in total. The van der Waals surface area contributed by atoms with E-state index >= 15 is 0 Å². The molecule has 0 saturated heterocycles. The van der Waals surface area contributed by atoms with Gasteiger partial charge in [0.25, 0.3) is 5.24 Å². The summed E-state index contributed by atoms with van der Waals surface area (Å²) in [5, 5.41) is 1.79. The van der Waals surface area contributed by atoms with Crippen molar-refractivity contribution in [2.24, 2.45) is 17.8 Å². The SMILES string of the molecule is CCOC(OC)Oc1cc2ccc(-c3ccccc3C(=O)Cl)cc2cc1C12CC3CC(CC(C3)C1)C2. The number of rotatable bonds is 8. The van der Waals surface area contributed by atoms with Gasteiger partial charge in [-0.25, -0.2) is 0 Å². The van der Waals surface area contributed by atoms with E-state index in [1.807, 2.05) is 31.2 Å². The Morgan fingerprint density at radius 1 is 0.972 bits per heavy atom. The Hall–Kier alpha value is -2.40. The van der Waals surface area contributed by atoms with Crippen molar-refractivity contribution in [3.63, 3.8) is 0 Å². The fourth-order valence-electron chi connectivity index (χ4n) is 7.69. The van der Waals surface area contributed by atoms with E-state index in [1.54, 1.807) is 13.2 Å². The molecular weight excluding hydrogens is 472 g/mol. The van der Waals surface area contributed by atoms with Crippen LogP contribution < -0.4 is 4.74 Å². The molecule has 3 aromatic rings. The third-order valence-corrected chi connectivity index (χ3v) is 8.92. The number of carbonyl (C=O) groups is 1. The summed E-state index contributed by atoms with van der Waals surface area (Å²) in [4.78, 5) is 12.1. The van der Waals surface area contributed by atoms with E-state index in [1.165, 1.54) is 44.1 Å². The zero-order chi connectivity index (χ0) is 24.9. The van der Waals surface area contributed by atoms with Gasteiger partial charge in [-0.3, -0.25) is 4.79 Å². The minimum absolute atomic E-state index is 0.142.